The second kappa shape index (κ2) is 6.03. The van der Waals surface area contributed by atoms with Gasteiger partial charge in [-0.3, -0.25) is 0 Å². The number of H-pyrrole nitrogens is 1. The van der Waals surface area contributed by atoms with Crippen LogP contribution in [0, 0.1) is 0 Å². The molecule has 0 spiro atoms. The number of rotatable bonds is 5. The van der Waals surface area contributed by atoms with Gasteiger partial charge >= 0.3 is 0 Å². The normalized spacial score (nSPS) is 14.4. The molecule has 0 aliphatic heterocycles. The Morgan fingerprint density at radius 3 is 2.61 bits per heavy atom. The SMILES string of the molecule is CCC(NC(C)c1ccc(Cl)cc1)c1ncc[nH]1. The number of imidazole rings is 1. The first kappa shape index (κ1) is 13.1. The van der Waals surface area contributed by atoms with Gasteiger partial charge < -0.3 is 10.3 Å². The Balaban J connectivity index is 2.05. The smallest absolute Gasteiger partial charge is 0.123 e. The lowest BCUT2D eigenvalue weighted by molar-refractivity contribution is 0.441. The zero-order valence-corrected chi connectivity index (χ0v) is 11.4. The summed E-state index contributed by atoms with van der Waals surface area (Å²) in [5, 5.41) is 4.34. The number of benzene rings is 1. The summed E-state index contributed by atoms with van der Waals surface area (Å²) < 4.78 is 0. The van der Waals surface area contributed by atoms with Crippen molar-refractivity contribution in [2.24, 2.45) is 0 Å². The maximum Gasteiger partial charge on any atom is 0.123 e. The highest BCUT2D eigenvalue weighted by atomic mass is 35.5. The van der Waals surface area contributed by atoms with Gasteiger partial charge in [-0.05, 0) is 31.0 Å². The van der Waals surface area contributed by atoms with E-state index in [0.717, 1.165) is 17.3 Å². The fraction of sp³-hybridized carbons (Fsp3) is 0.357. The van der Waals surface area contributed by atoms with Gasteiger partial charge in [0.05, 0.1) is 6.04 Å². The van der Waals surface area contributed by atoms with Crippen molar-refractivity contribution in [2.45, 2.75) is 32.4 Å². The molecule has 2 rings (SSSR count). The van der Waals surface area contributed by atoms with E-state index in [1.807, 2.05) is 18.3 Å². The van der Waals surface area contributed by atoms with Crippen molar-refractivity contribution in [1.29, 1.82) is 0 Å². The van der Waals surface area contributed by atoms with Crippen LogP contribution >= 0.6 is 11.6 Å². The summed E-state index contributed by atoms with van der Waals surface area (Å²) in [5.41, 5.74) is 1.23. The van der Waals surface area contributed by atoms with Crippen molar-refractivity contribution in [2.75, 3.05) is 0 Å². The lowest BCUT2D eigenvalue weighted by atomic mass is 10.1. The fourth-order valence-corrected chi connectivity index (χ4v) is 2.13. The van der Waals surface area contributed by atoms with Crippen molar-refractivity contribution in [3.63, 3.8) is 0 Å². The van der Waals surface area contributed by atoms with Crippen molar-refractivity contribution in [3.8, 4) is 0 Å². The molecule has 1 aromatic heterocycles. The zero-order valence-electron chi connectivity index (χ0n) is 10.7. The van der Waals surface area contributed by atoms with Crippen molar-refractivity contribution in [1.82, 2.24) is 15.3 Å². The molecule has 96 valence electrons. The summed E-state index contributed by atoms with van der Waals surface area (Å²) in [4.78, 5) is 7.47. The van der Waals surface area contributed by atoms with E-state index in [1.165, 1.54) is 5.56 Å². The van der Waals surface area contributed by atoms with E-state index in [-0.39, 0.29) is 12.1 Å². The van der Waals surface area contributed by atoms with E-state index in [2.05, 4.69) is 41.3 Å². The molecule has 2 aromatic rings. The Hall–Kier alpha value is -1.32. The third-order valence-electron chi connectivity index (χ3n) is 3.08. The second-order valence-corrected chi connectivity index (χ2v) is 4.81. The highest BCUT2D eigenvalue weighted by Gasteiger charge is 2.15. The maximum absolute atomic E-state index is 5.90. The Morgan fingerprint density at radius 1 is 1.33 bits per heavy atom. The lowest BCUT2D eigenvalue weighted by Crippen LogP contribution is -2.25. The van der Waals surface area contributed by atoms with Gasteiger partial charge in [0, 0.05) is 23.5 Å². The van der Waals surface area contributed by atoms with Crippen LogP contribution < -0.4 is 5.32 Å². The Morgan fingerprint density at radius 2 is 2.06 bits per heavy atom. The number of halogens is 1. The van der Waals surface area contributed by atoms with Crippen LogP contribution in [-0.2, 0) is 0 Å². The van der Waals surface area contributed by atoms with E-state index >= 15 is 0 Å². The monoisotopic (exact) mass is 263 g/mol. The molecule has 0 amide bonds. The molecule has 2 unspecified atom stereocenters. The molecule has 3 nitrogen and oxygen atoms in total. The number of hydrogen-bond donors (Lipinski definition) is 2. The van der Waals surface area contributed by atoms with E-state index in [4.69, 9.17) is 11.6 Å². The van der Waals surface area contributed by atoms with Crippen LogP contribution in [0.4, 0.5) is 0 Å². The van der Waals surface area contributed by atoms with E-state index in [1.54, 1.807) is 6.20 Å². The molecule has 0 aliphatic rings. The van der Waals surface area contributed by atoms with Gasteiger partial charge in [0.1, 0.15) is 5.82 Å². The van der Waals surface area contributed by atoms with Crippen molar-refractivity contribution < 1.29 is 0 Å². The number of nitrogens with one attached hydrogen (secondary N) is 2. The summed E-state index contributed by atoms with van der Waals surface area (Å²) in [7, 11) is 0. The molecule has 4 heteroatoms. The molecule has 0 saturated heterocycles. The molecule has 0 radical (unpaired) electrons. The first-order valence-electron chi connectivity index (χ1n) is 6.21. The maximum atomic E-state index is 5.90. The Labute approximate surface area is 113 Å². The topological polar surface area (TPSA) is 40.7 Å². The van der Waals surface area contributed by atoms with Gasteiger partial charge in [0.15, 0.2) is 0 Å². The molecule has 0 fully saturated rings. The highest BCUT2D eigenvalue weighted by molar-refractivity contribution is 6.30. The van der Waals surface area contributed by atoms with E-state index < -0.39 is 0 Å². The van der Waals surface area contributed by atoms with Gasteiger partial charge in [-0.1, -0.05) is 30.7 Å². The van der Waals surface area contributed by atoms with E-state index in [0.29, 0.717) is 0 Å². The summed E-state index contributed by atoms with van der Waals surface area (Å²) in [5.74, 6) is 0.985. The quantitative estimate of drug-likeness (QED) is 0.860. The van der Waals surface area contributed by atoms with Crippen LogP contribution in [-0.4, -0.2) is 9.97 Å². The lowest BCUT2D eigenvalue weighted by Gasteiger charge is -2.21. The van der Waals surface area contributed by atoms with Crippen molar-refractivity contribution >= 4 is 11.6 Å². The zero-order chi connectivity index (χ0) is 13.0. The molecule has 1 heterocycles. The molecule has 2 atom stereocenters. The van der Waals surface area contributed by atoms with Gasteiger partial charge in [-0.25, -0.2) is 4.98 Å². The summed E-state index contributed by atoms with van der Waals surface area (Å²) in [6.07, 6.45) is 4.63. The fourth-order valence-electron chi connectivity index (χ4n) is 2.01. The van der Waals surface area contributed by atoms with Crippen LogP contribution in [0.3, 0.4) is 0 Å². The van der Waals surface area contributed by atoms with E-state index in [9.17, 15) is 0 Å². The average Bonchev–Trinajstić information content (AvgIpc) is 2.90. The largest absolute Gasteiger partial charge is 0.347 e. The minimum atomic E-state index is 0.241. The average molecular weight is 264 g/mol. The molecule has 0 aliphatic carbocycles. The third-order valence-corrected chi connectivity index (χ3v) is 3.33. The predicted molar refractivity (Wildman–Crippen MR) is 74.6 cm³/mol. The summed E-state index contributed by atoms with van der Waals surface area (Å²) in [6.45, 7) is 4.30. The number of nitrogens with zero attached hydrogens (tertiary/aromatic N) is 1. The first-order chi connectivity index (χ1) is 8.70. The number of aromatic amines is 1. The van der Waals surface area contributed by atoms with Gasteiger partial charge in [0.25, 0.3) is 0 Å². The van der Waals surface area contributed by atoms with Gasteiger partial charge in [0.2, 0.25) is 0 Å². The van der Waals surface area contributed by atoms with Crippen LogP contribution in [0.2, 0.25) is 5.02 Å². The Bertz CT molecular complexity index is 464. The second-order valence-electron chi connectivity index (χ2n) is 4.38. The standard InChI is InChI=1S/C14H18ClN3/c1-3-13(14-16-8-9-17-14)18-10(2)11-4-6-12(15)7-5-11/h4-10,13,18H,3H2,1-2H3,(H,16,17). The molecular weight excluding hydrogens is 246 g/mol. The van der Waals surface area contributed by atoms with Crippen LogP contribution in [0.1, 0.15) is 43.7 Å². The molecule has 0 bridgehead atoms. The van der Waals surface area contributed by atoms with Crippen molar-refractivity contribution in [3.05, 3.63) is 53.1 Å². The number of aromatic nitrogens is 2. The third kappa shape index (κ3) is 3.12. The molecule has 1 aromatic carbocycles. The molecule has 0 saturated carbocycles. The predicted octanol–water partition coefficient (Wildman–Crippen LogP) is 3.87. The number of hydrogen-bond acceptors (Lipinski definition) is 2. The highest BCUT2D eigenvalue weighted by Crippen LogP contribution is 2.21. The molecule has 2 N–H and O–H groups in total. The Kier molecular flexibility index (Phi) is 4.39. The van der Waals surface area contributed by atoms with Crippen LogP contribution in [0.5, 0.6) is 0 Å². The first-order valence-corrected chi connectivity index (χ1v) is 6.59. The van der Waals surface area contributed by atoms with Crippen LogP contribution in [0.15, 0.2) is 36.7 Å². The van der Waals surface area contributed by atoms with Gasteiger partial charge in [-0.2, -0.15) is 0 Å². The van der Waals surface area contributed by atoms with Gasteiger partial charge in [-0.15, -0.1) is 0 Å². The van der Waals surface area contributed by atoms with Crippen LogP contribution in [0.25, 0.3) is 0 Å². The minimum absolute atomic E-state index is 0.241. The molecule has 18 heavy (non-hydrogen) atoms. The summed E-state index contributed by atoms with van der Waals surface area (Å²) >= 11 is 5.90. The summed E-state index contributed by atoms with van der Waals surface area (Å²) in [6, 6.07) is 8.44. The molecular formula is C14H18ClN3. The minimum Gasteiger partial charge on any atom is -0.347 e.